The molecule has 0 aliphatic carbocycles. The molecule has 37 heavy (non-hydrogen) atoms. The first kappa shape index (κ1) is 26.4. The summed E-state index contributed by atoms with van der Waals surface area (Å²) in [6.07, 6.45) is -2.05. The van der Waals surface area contributed by atoms with Crippen LogP contribution in [0.2, 0.25) is 0 Å². The van der Waals surface area contributed by atoms with Crippen molar-refractivity contribution < 1.29 is 36.6 Å². The molecule has 198 valence electrons. The van der Waals surface area contributed by atoms with Gasteiger partial charge in [0.05, 0.1) is 25.3 Å². The number of alkyl halides is 3. The number of esters is 1. The molecule has 2 aromatic carbocycles. The Hall–Kier alpha value is -3.69. The third-order valence-electron chi connectivity index (χ3n) is 6.02. The van der Waals surface area contributed by atoms with Gasteiger partial charge in [0.25, 0.3) is 0 Å². The number of rotatable bonds is 10. The molecular formula is C27H29F3N2O5. The monoisotopic (exact) mass is 518 g/mol. The lowest BCUT2D eigenvalue weighted by molar-refractivity contribution is -0.274. The summed E-state index contributed by atoms with van der Waals surface area (Å²) in [5, 5.41) is 0. The Kier molecular flexibility index (Phi) is 8.25. The Labute approximate surface area is 213 Å². The van der Waals surface area contributed by atoms with Crippen molar-refractivity contribution in [3.63, 3.8) is 0 Å². The fourth-order valence-electron chi connectivity index (χ4n) is 4.34. The van der Waals surface area contributed by atoms with E-state index in [4.69, 9.17) is 13.9 Å². The van der Waals surface area contributed by atoms with Crippen molar-refractivity contribution in [1.82, 2.24) is 4.98 Å². The average Bonchev–Trinajstić information content (AvgIpc) is 3.23. The SMILES string of the molecule is CCOC(=O)CCN1CCCc2c(OCCc3nc(-c4ccc(OC(F)(F)F)cc4)oc3C)cccc21. The van der Waals surface area contributed by atoms with Crippen LogP contribution in [-0.2, 0) is 22.4 Å². The van der Waals surface area contributed by atoms with Gasteiger partial charge >= 0.3 is 12.3 Å². The number of fused-ring (bicyclic) bond motifs is 1. The van der Waals surface area contributed by atoms with Crippen LogP contribution in [0.5, 0.6) is 11.5 Å². The minimum absolute atomic E-state index is 0.199. The van der Waals surface area contributed by atoms with E-state index in [0.29, 0.717) is 55.5 Å². The fourth-order valence-corrected chi connectivity index (χ4v) is 4.34. The molecule has 0 saturated heterocycles. The van der Waals surface area contributed by atoms with Gasteiger partial charge in [0.2, 0.25) is 5.89 Å². The van der Waals surface area contributed by atoms with Crippen molar-refractivity contribution in [3.8, 4) is 23.0 Å². The summed E-state index contributed by atoms with van der Waals surface area (Å²) >= 11 is 0. The van der Waals surface area contributed by atoms with Crippen molar-refractivity contribution in [1.29, 1.82) is 0 Å². The van der Waals surface area contributed by atoms with Crippen LogP contribution in [0.15, 0.2) is 46.9 Å². The normalized spacial score (nSPS) is 13.3. The van der Waals surface area contributed by atoms with E-state index >= 15 is 0 Å². The first-order chi connectivity index (χ1) is 17.7. The predicted molar refractivity (Wildman–Crippen MR) is 131 cm³/mol. The summed E-state index contributed by atoms with van der Waals surface area (Å²) in [5.74, 6) is 1.24. The minimum atomic E-state index is -4.74. The summed E-state index contributed by atoms with van der Waals surface area (Å²) < 4.78 is 58.0. The van der Waals surface area contributed by atoms with Gasteiger partial charge in [-0.25, -0.2) is 4.98 Å². The van der Waals surface area contributed by atoms with Crippen molar-refractivity contribution in [3.05, 3.63) is 59.5 Å². The Morgan fingerprint density at radius 3 is 2.68 bits per heavy atom. The lowest BCUT2D eigenvalue weighted by Gasteiger charge is -2.32. The van der Waals surface area contributed by atoms with E-state index < -0.39 is 6.36 Å². The fraction of sp³-hybridized carbons (Fsp3) is 0.407. The van der Waals surface area contributed by atoms with Crippen molar-refractivity contribution in [2.75, 3.05) is 31.2 Å². The molecule has 0 fully saturated rings. The summed E-state index contributed by atoms with van der Waals surface area (Å²) in [6, 6.07) is 11.3. The van der Waals surface area contributed by atoms with E-state index in [2.05, 4.69) is 14.6 Å². The van der Waals surface area contributed by atoms with Gasteiger partial charge in [0.1, 0.15) is 17.3 Å². The molecule has 3 aromatic rings. The number of oxazole rings is 1. The van der Waals surface area contributed by atoms with Crippen LogP contribution >= 0.6 is 0 Å². The number of ether oxygens (including phenoxy) is 3. The molecule has 1 aliphatic heterocycles. The Balaban J connectivity index is 1.37. The first-order valence-electron chi connectivity index (χ1n) is 12.2. The van der Waals surface area contributed by atoms with E-state index in [1.54, 1.807) is 13.8 Å². The zero-order chi connectivity index (χ0) is 26.4. The summed E-state index contributed by atoms with van der Waals surface area (Å²) in [7, 11) is 0. The molecule has 0 unspecified atom stereocenters. The quantitative estimate of drug-likeness (QED) is 0.311. The number of anilines is 1. The lowest BCUT2D eigenvalue weighted by Crippen LogP contribution is -2.32. The van der Waals surface area contributed by atoms with Crippen LogP contribution in [0, 0.1) is 6.92 Å². The topological polar surface area (TPSA) is 74.0 Å². The predicted octanol–water partition coefficient (Wildman–Crippen LogP) is 5.88. The maximum atomic E-state index is 12.4. The van der Waals surface area contributed by atoms with E-state index in [1.807, 2.05) is 18.2 Å². The number of hydrogen-bond donors (Lipinski definition) is 0. The van der Waals surface area contributed by atoms with Gasteiger partial charge in [-0.2, -0.15) is 0 Å². The van der Waals surface area contributed by atoms with Crippen LogP contribution in [-0.4, -0.2) is 43.6 Å². The highest BCUT2D eigenvalue weighted by Gasteiger charge is 2.31. The summed E-state index contributed by atoms with van der Waals surface area (Å²) in [4.78, 5) is 18.5. The highest BCUT2D eigenvalue weighted by atomic mass is 19.4. The first-order valence-corrected chi connectivity index (χ1v) is 12.2. The Bertz CT molecular complexity index is 1210. The maximum absolute atomic E-state index is 12.4. The zero-order valence-corrected chi connectivity index (χ0v) is 20.8. The molecule has 1 aliphatic rings. The molecule has 2 heterocycles. The van der Waals surface area contributed by atoms with Gasteiger partial charge in [-0.05, 0) is 63.1 Å². The number of carbonyl (C=O) groups excluding carboxylic acids is 1. The molecule has 0 N–H and O–H groups in total. The molecule has 0 spiro atoms. The Morgan fingerprint density at radius 2 is 1.95 bits per heavy atom. The standard InChI is InChI=1S/C27H29F3N2O5/c1-3-34-25(33)13-16-32-15-5-6-21-23(32)7-4-8-24(21)35-17-14-22-18(2)36-26(31-22)19-9-11-20(12-10-19)37-27(28,29)30/h4,7-12H,3,5-6,13-17H2,1-2H3. The number of aromatic nitrogens is 1. The van der Waals surface area contributed by atoms with E-state index in [1.165, 1.54) is 24.3 Å². The second-order valence-corrected chi connectivity index (χ2v) is 8.59. The molecule has 0 atom stereocenters. The summed E-state index contributed by atoms with van der Waals surface area (Å²) in [5.41, 5.74) is 3.46. The van der Waals surface area contributed by atoms with Gasteiger partial charge in [0, 0.05) is 36.3 Å². The number of benzene rings is 2. The zero-order valence-electron chi connectivity index (χ0n) is 20.8. The van der Waals surface area contributed by atoms with Crippen molar-refractivity contribution in [2.24, 2.45) is 0 Å². The number of halogens is 3. The van der Waals surface area contributed by atoms with Crippen LogP contribution in [0.25, 0.3) is 11.5 Å². The molecule has 0 saturated carbocycles. The third kappa shape index (κ3) is 6.96. The van der Waals surface area contributed by atoms with Crippen LogP contribution in [0.4, 0.5) is 18.9 Å². The number of hydrogen-bond acceptors (Lipinski definition) is 7. The molecular weight excluding hydrogens is 489 g/mol. The number of aryl methyl sites for hydroxylation is 1. The van der Waals surface area contributed by atoms with E-state index in [-0.39, 0.29) is 11.7 Å². The van der Waals surface area contributed by atoms with Crippen molar-refractivity contribution in [2.45, 2.75) is 45.9 Å². The molecule has 0 amide bonds. The smallest absolute Gasteiger partial charge is 0.493 e. The lowest BCUT2D eigenvalue weighted by atomic mass is 10.0. The van der Waals surface area contributed by atoms with Crippen LogP contribution in [0.3, 0.4) is 0 Å². The average molecular weight is 519 g/mol. The third-order valence-corrected chi connectivity index (χ3v) is 6.02. The minimum Gasteiger partial charge on any atom is -0.493 e. The van der Waals surface area contributed by atoms with Gasteiger partial charge in [-0.3, -0.25) is 4.79 Å². The van der Waals surface area contributed by atoms with Gasteiger partial charge < -0.3 is 23.5 Å². The van der Waals surface area contributed by atoms with Gasteiger partial charge in [-0.1, -0.05) is 6.07 Å². The second kappa shape index (κ2) is 11.6. The molecule has 0 bridgehead atoms. The molecule has 10 heteroatoms. The molecule has 1 aromatic heterocycles. The number of nitrogens with zero attached hydrogens (tertiary/aromatic N) is 2. The summed E-state index contributed by atoms with van der Waals surface area (Å²) in [6.45, 7) is 5.82. The highest BCUT2D eigenvalue weighted by Crippen LogP contribution is 2.34. The molecule has 4 rings (SSSR count). The largest absolute Gasteiger partial charge is 0.573 e. The molecule has 7 nitrogen and oxygen atoms in total. The van der Waals surface area contributed by atoms with Gasteiger partial charge in [-0.15, -0.1) is 13.2 Å². The molecule has 0 radical (unpaired) electrons. The van der Waals surface area contributed by atoms with E-state index in [0.717, 1.165) is 36.4 Å². The number of carbonyl (C=O) groups is 1. The highest BCUT2D eigenvalue weighted by molar-refractivity contribution is 5.71. The Morgan fingerprint density at radius 1 is 1.16 bits per heavy atom. The van der Waals surface area contributed by atoms with E-state index in [9.17, 15) is 18.0 Å². The second-order valence-electron chi connectivity index (χ2n) is 8.59. The van der Waals surface area contributed by atoms with Gasteiger partial charge in [0.15, 0.2) is 0 Å². The van der Waals surface area contributed by atoms with Crippen molar-refractivity contribution >= 4 is 11.7 Å². The maximum Gasteiger partial charge on any atom is 0.573 e. The van der Waals surface area contributed by atoms with Crippen LogP contribution < -0.4 is 14.4 Å². The van der Waals surface area contributed by atoms with Crippen LogP contribution in [0.1, 0.15) is 36.8 Å².